The van der Waals surface area contributed by atoms with Crippen molar-refractivity contribution < 1.29 is 0 Å². The summed E-state index contributed by atoms with van der Waals surface area (Å²) in [6.45, 7) is 6.46. The number of hydrogen-bond donors (Lipinski definition) is 1. The first-order valence-electron chi connectivity index (χ1n) is 4.48. The number of H-pyrrole nitrogens is 1. The van der Waals surface area contributed by atoms with Gasteiger partial charge in [-0.1, -0.05) is 20.8 Å². The summed E-state index contributed by atoms with van der Waals surface area (Å²) < 4.78 is 0.983. The molecule has 74 valence electrons. The van der Waals surface area contributed by atoms with Gasteiger partial charge < -0.3 is 0 Å². The molecule has 3 nitrogen and oxygen atoms in total. The summed E-state index contributed by atoms with van der Waals surface area (Å²) in [6, 6.07) is 2.05. The van der Waals surface area contributed by atoms with E-state index in [4.69, 9.17) is 0 Å². The van der Waals surface area contributed by atoms with Crippen molar-refractivity contribution in [3.8, 4) is 0 Å². The summed E-state index contributed by atoms with van der Waals surface area (Å²) in [5.41, 5.74) is 1.97. The molecule has 0 aliphatic rings. The predicted molar refractivity (Wildman–Crippen MR) is 60.3 cm³/mol. The Morgan fingerprint density at radius 3 is 2.71 bits per heavy atom. The maximum absolute atomic E-state index is 4.23. The van der Waals surface area contributed by atoms with E-state index in [9.17, 15) is 0 Å². The lowest BCUT2D eigenvalue weighted by Crippen LogP contribution is -2.11. The molecule has 0 aliphatic carbocycles. The lowest BCUT2D eigenvalue weighted by molar-refractivity contribution is 0.571. The van der Waals surface area contributed by atoms with Crippen molar-refractivity contribution in [3.63, 3.8) is 0 Å². The molecular formula is C10H12BrN3. The van der Waals surface area contributed by atoms with E-state index in [0.717, 1.165) is 21.2 Å². The van der Waals surface area contributed by atoms with E-state index in [1.165, 1.54) is 0 Å². The first kappa shape index (κ1) is 9.65. The molecule has 0 bridgehead atoms. The van der Waals surface area contributed by atoms with E-state index >= 15 is 0 Å². The van der Waals surface area contributed by atoms with Gasteiger partial charge in [0.2, 0.25) is 0 Å². The van der Waals surface area contributed by atoms with Crippen LogP contribution in [0.1, 0.15) is 26.5 Å². The fraction of sp³-hybridized carbons (Fsp3) is 0.400. The van der Waals surface area contributed by atoms with E-state index < -0.39 is 0 Å². The van der Waals surface area contributed by atoms with Crippen LogP contribution in [0.5, 0.6) is 0 Å². The molecule has 0 amide bonds. The van der Waals surface area contributed by atoms with Gasteiger partial charge in [0.1, 0.15) is 0 Å². The van der Waals surface area contributed by atoms with Crippen LogP contribution in [-0.2, 0) is 5.41 Å². The molecule has 2 heterocycles. The average molecular weight is 254 g/mol. The van der Waals surface area contributed by atoms with Gasteiger partial charge in [0.15, 0.2) is 5.65 Å². The quantitative estimate of drug-likeness (QED) is 0.785. The van der Waals surface area contributed by atoms with Crippen molar-refractivity contribution in [3.05, 3.63) is 22.4 Å². The highest BCUT2D eigenvalue weighted by Crippen LogP contribution is 2.28. The lowest BCUT2D eigenvalue weighted by Gasteiger charge is -2.16. The Kier molecular flexibility index (Phi) is 2.10. The van der Waals surface area contributed by atoms with Crippen LogP contribution >= 0.6 is 15.9 Å². The fourth-order valence-electron chi connectivity index (χ4n) is 1.45. The zero-order chi connectivity index (χ0) is 10.3. The minimum atomic E-state index is 0.0667. The predicted octanol–water partition coefficient (Wildman–Crippen LogP) is 3.02. The van der Waals surface area contributed by atoms with E-state index in [-0.39, 0.29) is 5.41 Å². The maximum atomic E-state index is 4.23. The molecule has 0 saturated heterocycles. The highest BCUT2D eigenvalue weighted by molar-refractivity contribution is 9.10. The Bertz CT molecular complexity index is 468. The van der Waals surface area contributed by atoms with Gasteiger partial charge >= 0.3 is 0 Å². The second kappa shape index (κ2) is 3.05. The number of aromatic amines is 1. The summed E-state index contributed by atoms with van der Waals surface area (Å²) in [6.07, 6.45) is 1.76. The largest absolute Gasteiger partial charge is 0.279 e. The third-order valence-electron chi connectivity index (χ3n) is 2.13. The first-order valence-corrected chi connectivity index (χ1v) is 5.28. The van der Waals surface area contributed by atoms with E-state index in [0.29, 0.717) is 0 Å². The van der Waals surface area contributed by atoms with E-state index in [1.54, 1.807) is 6.20 Å². The smallest absolute Gasteiger partial charge is 0.181 e. The number of aromatic nitrogens is 3. The third kappa shape index (κ3) is 1.54. The minimum absolute atomic E-state index is 0.0667. The maximum Gasteiger partial charge on any atom is 0.181 e. The number of pyridine rings is 1. The molecule has 2 rings (SSSR count). The van der Waals surface area contributed by atoms with Gasteiger partial charge in [-0.05, 0) is 22.0 Å². The molecular weight excluding hydrogens is 242 g/mol. The summed E-state index contributed by atoms with van der Waals surface area (Å²) in [7, 11) is 0. The number of nitrogens with zero attached hydrogens (tertiary/aromatic N) is 2. The number of hydrogen-bond acceptors (Lipinski definition) is 2. The Hall–Kier alpha value is -0.900. The van der Waals surface area contributed by atoms with Crippen LogP contribution in [0.25, 0.3) is 11.0 Å². The van der Waals surface area contributed by atoms with Crippen molar-refractivity contribution in [2.24, 2.45) is 0 Å². The van der Waals surface area contributed by atoms with E-state index in [1.807, 2.05) is 6.07 Å². The number of nitrogens with one attached hydrogen (secondary N) is 1. The Labute approximate surface area is 91.1 Å². The number of fused-ring (bicyclic) bond motifs is 1. The fourth-order valence-corrected chi connectivity index (χ4v) is 1.78. The summed E-state index contributed by atoms with van der Waals surface area (Å²) in [5, 5.41) is 8.31. The van der Waals surface area contributed by atoms with Crippen molar-refractivity contribution in [2.75, 3.05) is 0 Å². The van der Waals surface area contributed by atoms with Gasteiger partial charge in [-0.15, -0.1) is 0 Å². The minimum Gasteiger partial charge on any atom is -0.279 e. The normalized spacial score (nSPS) is 12.3. The lowest BCUT2D eigenvalue weighted by atomic mass is 9.90. The Morgan fingerprint density at radius 2 is 2.07 bits per heavy atom. The van der Waals surface area contributed by atoms with Gasteiger partial charge in [0, 0.05) is 21.5 Å². The molecule has 14 heavy (non-hydrogen) atoms. The number of rotatable bonds is 0. The second-order valence-electron chi connectivity index (χ2n) is 4.37. The average Bonchev–Trinajstić information content (AvgIpc) is 2.45. The highest BCUT2D eigenvalue weighted by Gasteiger charge is 2.19. The molecule has 0 atom stereocenters. The van der Waals surface area contributed by atoms with Crippen molar-refractivity contribution in [1.29, 1.82) is 0 Å². The standard InChI is InChI=1S/C10H12BrN3/c1-10(2,3)8-7-4-6(11)5-12-9(7)14-13-8/h4-5H,1-3H3,(H,12,13,14). The molecule has 0 aliphatic heterocycles. The summed E-state index contributed by atoms with van der Waals surface area (Å²) in [4.78, 5) is 4.23. The van der Waals surface area contributed by atoms with Crippen LogP contribution in [-0.4, -0.2) is 15.2 Å². The van der Waals surface area contributed by atoms with Crippen LogP contribution in [0.3, 0.4) is 0 Å². The van der Waals surface area contributed by atoms with Crippen molar-refractivity contribution >= 4 is 27.0 Å². The summed E-state index contributed by atoms with van der Waals surface area (Å²) in [5.74, 6) is 0. The first-order chi connectivity index (χ1) is 6.48. The van der Waals surface area contributed by atoms with Gasteiger partial charge in [-0.2, -0.15) is 5.10 Å². The Morgan fingerprint density at radius 1 is 1.36 bits per heavy atom. The van der Waals surface area contributed by atoms with Gasteiger partial charge in [-0.25, -0.2) is 4.98 Å². The van der Waals surface area contributed by atoms with Gasteiger partial charge in [0.25, 0.3) is 0 Å². The Balaban J connectivity index is 2.73. The van der Waals surface area contributed by atoms with Crippen LogP contribution < -0.4 is 0 Å². The zero-order valence-corrected chi connectivity index (χ0v) is 10.0. The van der Waals surface area contributed by atoms with E-state index in [2.05, 4.69) is 51.9 Å². The summed E-state index contributed by atoms with van der Waals surface area (Å²) >= 11 is 3.41. The molecule has 0 aromatic carbocycles. The number of halogens is 1. The van der Waals surface area contributed by atoms with Crippen molar-refractivity contribution in [1.82, 2.24) is 15.2 Å². The molecule has 2 aromatic rings. The SMILES string of the molecule is CC(C)(C)c1[nH]nc2ncc(Br)cc12. The van der Waals surface area contributed by atoms with Crippen LogP contribution in [0.15, 0.2) is 16.7 Å². The van der Waals surface area contributed by atoms with Gasteiger partial charge in [0.05, 0.1) is 5.69 Å². The molecule has 1 N–H and O–H groups in total. The molecule has 4 heteroatoms. The molecule has 0 radical (unpaired) electrons. The van der Waals surface area contributed by atoms with Crippen LogP contribution in [0.4, 0.5) is 0 Å². The molecule has 0 saturated carbocycles. The van der Waals surface area contributed by atoms with Gasteiger partial charge in [-0.3, -0.25) is 5.10 Å². The van der Waals surface area contributed by atoms with Crippen LogP contribution in [0.2, 0.25) is 0 Å². The zero-order valence-electron chi connectivity index (χ0n) is 8.43. The molecule has 2 aromatic heterocycles. The molecule has 0 fully saturated rings. The highest BCUT2D eigenvalue weighted by atomic mass is 79.9. The topological polar surface area (TPSA) is 41.6 Å². The van der Waals surface area contributed by atoms with Crippen LogP contribution in [0, 0.1) is 0 Å². The molecule has 0 spiro atoms. The second-order valence-corrected chi connectivity index (χ2v) is 5.29. The third-order valence-corrected chi connectivity index (χ3v) is 2.56. The van der Waals surface area contributed by atoms with Crippen molar-refractivity contribution in [2.45, 2.75) is 26.2 Å². The monoisotopic (exact) mass is 253 g/mol. The molecule has 0 unspecified atom stereocenters.